The van der Waals surface area contributed by atoms with Crippen LogP contribution in [0.25, 0.3) is 0 Å². The number of nitrogens with zero attached hydrogens (tertiary/aromatic N) is 2. The first-order valence-corrected chi connectivity index (χ1v) is 6.71. The quantitative estimate of drug-likeness (QED) is 0.784. The molecule has 0 spiro atoms. The van der Waals surface area contributed by atoms with Gasteiger partial charge in [0, 0.05) is 25.0 Å². The van der Waals surface area contributed by atoms with E-state index in [-0.39, 0.29) is 12.0 Å². The van der Waals surface area contributed by atoms with Gasteiger partial charge in [0.25, 0.3) is 0 Å². The van der Waals surface area contributed by atoms with Gasteiger partial charge in [0.1, 0.15) is 5.82 Å². The van der Waals surface area contributed by atoms with Crippen LogP contribution in [0.2, 0.25) is 0 Å². The van der Waals surface area contributed by atoms with Gasteiger partial charge < -0.3 is 15.0 Å². The number of ether oxygens (including phenoxy) is 1. The number of carbonyl (C=O) groups is 1. The number of likely N-dealkylation sites (N-methyl/N-ethyl adjacent to an activating group) is 1. The molecule has 2 heterocycles. The summed E-state index contributed by atoms with van der Waals surface area (Å²) in [6.07, 6.45) is 4.13. The van der Waals surface area contributed by atoms with Crippen molar-refractivity contribution >= 4 is 5.91 Å². The topological polar surface area (TPSA) is 70.2 Å². The zero-order chi connectivity index (χ0) is 13.7. The highest BCUT2D eigenvalue weighted by atomic mass is 16.5. The first kappa shape index (κ1) is 14.0. The summed E-state index contributed by atoms with van der Waals surface area (Å²) >= 11 is 0. The van der Waals surface area contributed by atoms with Gasteiger partial charge in [-0.1, -0.05) is 0 Å². The van der Waals surface area contributed by atoms with E-state index in [1.807, 2.05) is 18.9 Å². The molecule has 2 N–H and O–H groups in total. The Bertz CT molecular complexity index is 413. The summed E-state index contributed by atoms with van der Waals surface area (Å²) in [5.41, 5.74) is 1.03. The number of rotatable bonds is 6. The smallest absolute Gasteiger partial charge is 0.234 e. The van der Waals surface area contributed by atoms with Crippen LogP contribution in [0.4, 0.5) is 0 Å². The van der Waals surface area contributed by atoms with E-state index in [1.165, 1.54) is 0 Å². The van der Waals surface area contributed by atoms with Crippen LogP contribution < -0.4 is 5.32 Å². The third kappa shape index (κ3) is 4.65. The Hall–Kier alpha value is -1.40. The van der Waals surface area contributed by atoms with Crippen molar-refractivity contribution in [2.45, 2.75) is 32.4 Å². The molecule has 19 heavy (non-hydrogen) atoms. The van der Waals surface area contributed by atoms with Gasteiger partial charge in [-0.3, -0.25) is 9.69 Å². The average molecular weight is 266 g/mol. The van der Waals surface area contributed by atoms with Crippen LogP contribution in [0.3, 0.4) is 0 Å². The van der Waals surface area contributed by atoms with Crippen LogP contribution in [0.1, 0.15) is 24.4 Å². The van der Waals surface area contributed by atoms with E-state index < -0.39 is 0 Å². The minimum absolute atomic E-state index is 0.0290. The number of nitrogens with one attached hydrogen (secondary N) is 2. The van der Waals surface area contributed by atoms with Crippen LogP contribution in [0.15, 0.2) is 6.20 Å². The number of imidazole rings is 1. The van der Waals surface area contributed by atoms with Crippen molar-refractivity contribution in [3.63, 3.8) is 0 Å². The molecule has 1 fully saturated rings. The summed E-state index contributed by atoms with van der Waals surface area (Å²) in [6.45, 7) is 4.41. The van der Waals surface area contributed by atoms with E-state index in [0.29, 0.717) is 19.6 Å². The Morgan fingerprint density at radius 2 is 2.53 bits per heavy atom. The first-order chi connectivity index (χ1) is 9.13. The Balaban J connectivity index is 1.66. The van der Waals surface area contributed by atoms with Crippen LogP contribution in [0.5, 0.6) is 0 Å². The van der Waals surface area contributed by atoms with Gasteiger partial charge in [-0.2, -0.15) is 0 Å². The lowest BCUT2D eigenvalue weighted by Gasteiger charge is -2.16. The number of aromatic nitrogens is 2. The fourth-order valence-electron chi connectivity index (χ4n) is 2.19. The molecule has 0 aliphatic carbocycles. The number of carbonyl (C=O) groups excluding carboxylic acids is 1. The Morgan fingerprint density at radius 1 is 1.68 bits per heavy atom. The maximum Gasteiger partial charge on any atom is 0.234 e. The Labute approximate surface area is 113 Å². The maximum atomic E-state index is 11.8. The van der Waals surface area contributed by atoms with Gasteiger partial charge in [0.15, 0.2) is 0 Å². The number of hydrogen-bond acceptors (Lipinski definition) is 4. The lowest BCUT2D eigenvalue weighted by molar-refractivity contribution is -0.122. The molecular weight excluding hydrogens is 244 g/mol. The highest BCUT2D eigenvalue weighted by Crippen LogP contribution is 2.10. The van der Waals surface area contributed by atoms with Gasteiger partial charge in [-0.05, 0) is 26.8 Å². The summed E-state index contributed by atoms with van der Waals surface area (Å²) in [6, 6.07) is 0. The van der Waals surface area contributed by atoms with Crippen molar-refractivity contribution in [1.29, 1.82) is 0 Å². The minimum Gasteiger partial charge on any atom is -0.376 e. The lowest BCUT2D eigenvalue weighted by Crippen LogP contribution is -2.38. The van der Waals surface area contributed by atoms with E-state index in [0.717, 1.165) is 31.0 Å². The molecule has 106 valence electrons. The third-order valence-corrected chi connectivity index (χ3v) is 3.14. The van der Waals surface area contributed by atoms with Gasteiger partial charge in [-0.15, -0.1) is 0 Å². The summed E-state index contributed by atoms with van der Waals surface area (Å²) in [5, 5.41) is 2.91. The molecular formula is C13H22N4O2. The molecule has 0 saturated carbocycles. The lowest BCUT2D eigenvalue weighted by atomic mass is 10.2. The monoisotopic (exact) mass is 266 g/mol. The largest absolute Gasteiger partial charge is 0.376 e. The van der Waals surface area contributed by atoms with E-state index in [2.05, 4.69) is 15.3 Å². The van der Waals surface area contributed by atoms with Crippen molar-refractivity contribution < 1.29 is 9.53 Å². The zero-order valence-electron chi connectivity index (χ0n) is 11.6. The van der Waals surface area contributed by atoms with E-state index in [9.17, 15) is 4.79 Å². The molecule has 0 bridgehead atoms. The normalized spacial score (nSPS) is 19.0. The molecule has 1 aromatic rings. The molecule has 1 aliphatic heterocycles. The van der Waals surface area contributed by atoms with Crippen LogP contribution in [0, 0.1) is 6.92 Å². The Kier molecular flexibility index (Phi) is 4.93. The predicted octanol–water partition coefficient (Wildman–Crippen LogP) is 0.445. The fraction of sp³-hybridized carbons (Fsp3) is 0.692. The Morgan fingerprint density at radius 3 is 3.16 bits per heavy atom. The molecule has 2 rings (SSSR count). The van der Waals surface area contributed by atoms with Gasteiger partial charge in [-0.25, -0.2) is 4.98 Å². The van der Waals surface area contributed by atoms with E-state index >= 15 is 0 Å². The van der Waals surface area contributed by atoms with Crippen molar-refractivity contribution in [3.05, 3.63) is 17.7 Å². The number of aryl methyl sites for hydroxylation is 1. The summed E-state index contributed by atoms with van der Waals surface area (Å²) in [5.74, 6) is 0.910. The molecule has 0 radical (unpaired) electrons. The number of hydrogen-bond donors (Lipinski definition) is 2. The summed E-state index contributed by atoms with van der Waals surface area (Å²) in [7, 11) is 1.91. The summed E-state index contributed by atoms with van der Waals surface area (Å²) < 4.78 is 5.46. The van der Waals surface area contributed by atoms with E-state index in [1.54, 1.807) is 6.20 Å². The van der Waals surface area contributed by atoms with E-state index in [4.69, 9.17) is 4.74 Å². The highest BCUT2D eigenvalue weighted by molar-refractivity contribution is 5.77. The molecule has 1 amide bonds. The van der Waals surface area contributed by atoms with Crippen LogP contribution in [-0.2, 0) is 16.1 Å². The fourth-order valence-corrected chi connectivity index (χ4v) is 2.19. The highest BCUT2D eigenvalue weighted by Gasteiger charge is 2.16. The molecule has 1 aliphatic rings. The van der Waals surface area contributed by atoms with Gasteiger partial charge in [0.05, 0.1) is 19.2 Å². The second kappa shape index (κ2) is 6.68. The standard InChI is InChI=1S/C13H22N4O2/c1-10-6-14-12(16-10)8-17(2)9-13(18)15-7-11-4-3-5-19-11/h6,11H,3-5,7-9H2,1-2H3,(H,14,16)(H,15,18)/t11-/m1/s1. The SMILES string of the molecule is Cc1cnc(CN(C)CC(=O)NC[C@H]2CCCO2)[nH]1. The average Bonchev–Trinajstić information content (AvgIpc) is 2.98. The molecule has 6 nitrogen and oxygen atoms in total. The van der Waals surface area contributed by atoms with Crippen molar-refractivity contribution in [2.75, 3.05) is 26.7 Å². The second-order valence-corrected chi connectivity index (χ2v) is 5.12. The first-order valence-electron chi connectivity index (χ1n) is 6.71. The number of amides is 1. The van der Waals surface area contributed by atoms with Crippen molar-refractivity contribution in [3.8, 4) is 0 Å². The minimum atomic E-state index is 0.0290. The summed E-state index contributed by atoms with van der Waals surface area (Å²) in [4.78, 5) is 21.1. The molecule has 0 unspecified atom stereocenters. The molecule has 0 aromatic carbocycles. The molecule has 6 heteroatoms. The molecule has 1 aromatic heterocycles. The third-order valence-electron chi connectivity index (χ3n) is 3.14. The van der Waals surface area contributed by atoms with Crippen molar-refractivity contribution in [2.24, 2.45) is 0 Å². The predicted molar refractivity (Wildman–Crippen MR) is 71.6 cm³/mol. The molecule has 1 atom stereocenters. The zero-order valence-corrected chi connectivity index (χ0v) is 11.6. The van der Waals surface area contributed by atoms with Crippen molar-refractivity contribution in [1.82, 2.24) is 20.2 Å². The van der Waals surface area contributed by atoms with Gasteiger partial charge in [0.2, 0.25) is 5.91 Å². The van der Waals surface area contributed by atoms with Crippen LogP contribution >= 0.6 is 0 Å². The molecule has 1 saturated heterocycles. The van der Waals surface area contributed by atoms with Crippen LogP contribution in [-0.4, -0.2) is 53.6 Å². The number of aromatic amines is 1. The van der Waals surface area contributed by atoms with Gasteiger partial charge >= 0.3 is 0 Å². The number of H-pyrrole nitrogens is 1. The second-order valence-electron chi connectivity index (χ2n) is 5.12. The maximum absolute atomic E-state index is 11.8.